The molecule has 1 aromatic carbocycles. The summed E-state index contributed by atoms with van der Waals surface area (Å²) in [6.07, 6.45) is -7.31. The van der Waals surface area contributed by atoms with Crippen molar-refractivity contribution in [3.05, 3.63) is 42.5 Å². The lowest BCUT2D eigenvalue weighted by Crippen LogP contribution is -2.60. The molecule has 0 bridgehead atoms. The summed E-state index contributed by atoms with van der Waals surface area (Å²) < 4.78 is 21.7. The Bertz CT molecular complexity index is 697. The summed E-state index contributed by atoms with van der Waals surface area (Å²) in [4.78, 5) is 0. The van der Waals surface area contributed by atoms with E-state index in [1.807, 2.05) is 12.1 Å². The largest absolute Gasteiger partial charge is 0.462 e. The zero-order valence-corrected chi connectivity index (χ0v) is 16.3. The molecule has 0 saturated carbocycles. The molecule has 3 rings (SSSR count). The molecule has 2 aliphatic rings. The molecule has 1 aromatic rings. The van der Waals surface area contributed by atoms with E-state index in [-0.39, 0.29) is 13.2 Å². The smallest absolute Gasteiger partial charge is 0.229 e. The van der Waals surface area contributed by atoms with Gasteiger partial charge in [-0.25, -0.2) is 0 Å². The summed E-state index contributed by atoms with van der Waals surface area (Å²) in [5.41, 5.74) is -0.835. The fourth-order valence-corrected chi connectivity index (χ4v) is 3.28. The van der Waals surface area contributed by atoms with Crippen molar-refractivity contribution in [3.8, 4) is 5.75 Å². The Kier molecular flexibility index (Phi) is 7.45. The van der Waals surface area contributed by atoms with Gasteiger partial charge in [-0.1, -0.05) is 18.2 Å². The van der Waals surface area contributed by atoms with Crippen LogP contribution in [0.5, 0.6) is 5.75 Å². The molecule has 0 aliphatic carbocycles. The van der Waals surface area contributed by atoms with Crippen molar-refractivity contribution in [1.82, 2.24) is 0 Å². The minimum absolute atomic E-state index is 0.335. The Morgan fingerprint density at radius 1 is 1.07 bits per heavy atom. The van der Waals surface area contributed by atoms with Crippen LogP contribution >= 0.6 is 0 Å². The van der Waals surface area contributed by atoms with E-state index >= 15 is 0 Å². The van der Waals surface area contributed by atoms with Crippen LogP contribution in [0.25, 0.3) is 0 Å². The van der Waals surface area contributed by atoms with Crippen LogP contribution in [0.2, 0.25) is 0 Å². The van der Waals surface area contributed by atoms with Crippen molar-refractivity contribution >= 4 is 0 Å². The van der Waals surface area contributed by atoms with Gasteiger partial charge in [0.1, 0.15) is 41.9 Å². The molecular formula is C20H28O10. The third kappa shape index (κ3) is 4.83. The second-order valence-electron chi connectivity index (χ2n) is 7.49. The van der Waals surface area contributed by atoms with E-state index in [9.17, 15) is 25.5 Å². The molecular weight excluding hydrogens is 400 g/mol. The molecule has 168 valence electrons. The van der Waals surface area contributed by atoms with Gasteiger partial charge in [-0.05, 0) is 24.1 Å². The van der Waals surface area contributed by atoms with E-state index in [0.29, 0.717) is 12.2 Å². The van der Waals surface area contributed by atoms with Crippen molar-refractivity contribution in [2.24, 2.45) is 0 Å². The van der Waals surface area contributed by atoms with Gasteiger partial charge in [-0.2, -0.15) is 0 Å². The van der Waals surface area contributed by atoms with Gasteiger partial charge in [-0.3, -0.25) is 0 Å². The number of hydrogen-bond donors (Lipinski definition) is 6. The maximum atomic E-state index is 10.2. The summed E-state index contributed by atoms with van der Waals surface area (Å²) in [6.45, 7) is 2.28. The summed E-state index contributed by atoms with van der Waals surface area (Å²) in [5, 5.41) is 59.7. The predicted molar refractivity (Wildman–Crippen MR) is 101 cm³/mol. The molecule has 8 atom stereocenters. The summed E-state index contributed by atoms with van der Waals surface area (Å²) in [6, 6.07) is 6.99. The van der Waals surface area contributed by atoms with Crippen molar-refractivity contribution in [1.29, 1.82) is 0 Å². The minimum atomic E-state index is -1.85. The van der Waals surface area contributed by atoms with Crippen molar-refractivity contribution < 1.29 is 49.6 Å². The monoisotopic (exact) mass is 428 g/mol. The van der Waals surface area contributed by atoms with E-state index in [4.69, 9.17) is 24.1 Å². The van der Waals surface area contributed by atoms with Gasteiger partial charge in [0.15, 0.2) is 6.29 Å². The van der Waals surface area contributed by atoms with Crippen molar-refractivity contribution in [3.63, 3.8) is 0 Å². The SMILES string of the molecule is C=CCc1ccc(O[C@@H]2O[C@H](CO[C@@H]3OC[C@@](O)(CO)[C@@H]3O)[C@@H](O)[C@H](O)[C@@H]2O)cc1. The number of hydrogen-bond acceptors (Lipinski definition) is 10. The Morgan fingerprint density at radius 2 is 1.77 bits per heavy atom. The van der Waals surface area contributed by atoms with Crippen LogP contribution in [0, 0.1) is 0 Å². The fourth-order valence-electron chi connectivity index (χ4n) is 3.28. The maximum absolute atomic E-state index is 10.2. The molecule has 6 N–H and O–H groups in total. The van der Waals surface area contributed by atoms with E-state index in [1.165, 1.54) is 0 Å². The third-order valence-electron chi connectivity index (χ3n) is 5.23. The van der Waals surface area contributed by atoms with Crippen LogP contribution in [0.3, 0.4) is 0 Å². The van der Waals surface area contributed by atoms with Crippen LogP contribution in [0.1, 0.15) is 5.56 Å². The van der Waals surface area contributed by atoms with E-state index in [1.54, 1.807) is 18.2 Å². The van der Waals surface area contributed by atoms with Crippen molar-refractivity contribution in [2.45, 2.75) is 55.1 Å². The molecule has 0 radical (unpaired) electrons. The highest BCUT2D eigenvalue weighted by Crippen LogP contribution is 2.28. The molecule has 0 aromatic heterocycles. The lowest BCUT2D eigenvalue weighted by atomic mass is 9.99. The molecule has 30 heavy (non-hydrogen) atoms. The van der Waals surface area contributed by atoms with E-state index < -0.39 is 55.3 Å². The van der Waals surface area contributed by atoms with Gasteiger partial charge in [-0.15, -0.1) is 6.58 Å². The zero-order valence-electron chi connectivity index (χ0n) is 16.3. The summed E-state index contributed by atoms with van der Waals surface area (Å²) >= 11 is 0. The molecule has 2 saturated heterocycles. The van der Waals surface area contributed by atoms with Gasteiger partial charge in [0.05, 0.1) is 19.8 Å². The molecule has 0 unspecified atom stereocenters. The molecule has 2 fully saturated rings. The van der Waals surface area contributed by atoms with Gasteiger partial charge < -0.3 is 49.6 Å². The third-order valence-corrected chi connectivity index (χ3v) is 5.23. The molecule has 2 heterocycles. The zero-order chi connectivity index (χ0) is 21.9. The molecule has 2 aliphatic heterocycles. The second-order valence-corrected chi connectivity index (χ2v) is 7.49. The van der Waals surface area contributed by atoms with Gasteiger partial charge in [0.2, 0.25) is 6.29 Å². The number of ether oxygens (including phenoxy) is 4. The Balaban J connectivity index is 1.61. The van der Waals surface area contributed by atoms with E-state index in [2.05, 4.69) is 6.58 Å². The van der Waals surface area contributed by atoms with Gasteiger partial charge in [0, 0.05) is 0 Å². The average Bonchev–Trinajstić information content (AvgIpc) is 3.04. The highest BCUT2D eigenvalue weighted by molar-refractivity contribution is 5.28. The lowest BCUT2D eigenvalue weighted by molar-refractivity contribution is -0.289. The van der Waals surface area contributed by atoms with Crippen LogP contribution in [-0.2, 0) is 20.6 Å². The van der Waals surface area contributed by atoms with Gasteiger partial charge in [0.25, 0.3) is 0 Å². The predicted octanol–water partition coefficient (Wildman–Crippen LogP) is -1.94. The van der Waals surface area contributed by atoms with Crippen LogP contribution < -0.4 is 4.74 Å². The second kappa shape index (κ2) is 9.69. The number of allylic oxidation sites excluding steroid dienone is 1. The van der Waals surface area contributed by atoms with Crippen molar-refractivity contribution in [2.75, 3.05) is 19.8 Å². The summed E-state index contributed by atoms with van der Waals surface area (Å²) in [5.74, 6) is 0.387. The first-order valence-corrected chi connectivity index (χ1v) is 9.59. The number of rotatable bonds is 8. The van der Waals surface area contributed by atoms with Crippen LogP contribution in [0.4, 0.5) is 0 Å². The number of aliphatic hydroxyl groups excluding tert-OH is 5. The molecule has 0 amide bonds. The average molecular weight is 428 g/mol. The summed E-state index contributed by atoms with van der Waals surface area (Å²) in [7, 11) is 0. The molecule has 10 heteroatoms. The molecule has 0 spiro atoms. The quantitative estimate of drug-likeness (QED) is 0.257. The fraction of sp³-hybridized carbons (Fsp3) is 0.600. The first-order chi connectivity index (χ1) is 14.3. The number of aliphatic hydroxyl groups is 6. The van der Waals surface area contributed by atoms with E-state index in [0.717, 1.165) is 5.56 Å². The normalized spacial score (nSPS) is 39.1. The number of benzene rings is 1. The Labute approximate surface area is 173 Å². The topological polar surface area (TPSA) is 158 Å². The lowest BCUT2D eigenvalue weighted by Gasteiger charge is -2.40. The maximum Gasteiger partial charge on any atom is 0.229 e. The first kappa shape index (κ1) is 23.1. The first-order valence-electron chi connectivity index (χ1n) is 9.59. The molecule has 10 nitrogen and oxygen atoms in total. The standard InChI is InChI=1S/C20H28O10/c1-2-3-11-4-6-12(7-5-11)29-18-16(24)15(23)14(22)13(30-18)8-27-19-17(25)20(26,9-21)10-28-19/h2,4-7,13-19,21-26H,1,3,8-10H2/t13-,14-,15+,16+,17-,18-,19-,20+/m1/s1. The Morgan fingerprint density at radius 3 is 2.37 bits per heavy atom. The minimum Gasteiger partial charge on any atom is -0.462 e. The van der Waals surface area contributed by atoms with Crippen LogP contribution in [0.15, 0.2) is 36.9 Å². The van der Waals surface area contributed by atoms with Crippen LogP contribution in [-0.4, -0.2) is 99.2 Å². The van der Waals surface area contributed by atoms with Gasteiger partial charge >= 0.3 is 0 Å². The highest BCUT2D eigenvalue weighted by atomic mass is 16.7. The Hall–Kier alpha value is -1.60. The highest BCUT2D eigenvalue weighted by Gasteiger charge is 2.50.